The van der Waals surface area contributed by atoms with Crippen LogP contribution in [-0.4, -0.2) is 24.5 Å². The molecule has 10 heteroatoms. The van der Waals surface area contributed by atoms with Gasteiger partial charge in [-0.1, -0.05) is 65.9 Å². The van der Waals surface area contributed by atoms with Crippen LogP contribution in [0.5, 0.6) is 0 Å². The van der Waals surface area contributed by atoms with E-state index in [0.717, 1.165) is 22.5 Å². The van der Waals surface area contributed by atoms with E-state index in [1.165, 1.54) is 18.2 Å². The van der Waals surface area contributed by atoms with Crippen LogP contribution in [0.15, 0.2) is 89.8 Å². The van der Waals surface area contributed by atoms with Crippen LogP contribution in [0.1, 0.15) is 5.56 Å². The van der Waals surface area contributed by atoms with E-state index in [1.807, 2.05) is 42.5 Å². The molecule has 0 radical (unpaired) electrons. The van der Waals surface area contributed by atoms with Gasteiger partial charge in [-0.2, -0.15) is 0 Å². The summed E-state index contributed by atoms with van der Waals surface area (Å²) in [5.41, 5.74) is 3.19. The molecule has 7 nitrogen and oxygen atoms in total. The Morgan fingerprint density at radius 1 is 0.939 bits per heavy atom. The van der Waals surface area contributed by atoms with Gasteiger partial charge in [0, 0.05) is 11.8 Å². The Labute approximate surface area is 199 Å². The van der Waals surface area contributed by atoms with Crippen LogP contribution in [-0.2, 0) is 14.8 Å². The number of anilines is 2. The number of nitrogens with zero attached hydrogens (tertiary/aromatic N) is 1. The predicted molar refractivity (Wildman–Crippen MR) is 134 cm³/mol. The first-order chi connectivity index (χ1) is 15.9. The highest BCUT2D eigenvalue weighted by Crippen LogP contribution is 2.23. The molecule has 33 heavy (non-hydrogen) atoms. The van der Waals surface area contributed by atoms with E-state index in [0.29, 0.717) is 20.3 Å². The first-order valence-electron chi connectivity index (χ1n) is 9.72. The SMILES string of the molecule is O=C(C=Cc1ccc(S(=O)(=O)Nc2ccc(-c3ccccc3)cc2)cc1)Nc1n[nH]c(=S)s1. The zero-order chi connectivity index (χ0) is 23.3. The molecular weight excluding hydrogens is 476 g/mol. The van der Waals surface area contributed by atoms with E-state index >= 15 is 0 Å². The minimum atomic E-state index is -3.75. The van der Waals surface area contributed by atoms with Crippen molar-refractivity contribution in [3.63, 3.8) is 0 Å². The van der Waals surface area contributed by atoms with Crippen molar-refractivity contribution in [2.75, 3.05) is 10.0 Å². The highest BCUT2D eigenvalue weighted by Gasteiger charge is 2.14. The molecule has 1 aromatic heterocycles. The van der Waals surface area contributed by atoms with Crippen molar-refractivity contribution in [3.05, 3.63) is 94.5 Å². The molecule has 1 heterocycles. The molecule has 0 atom stereocenters. The summed E-state index contributed by atoms with van der Waals surface area (Å²) in [4.78, 5) is 12.1. The van der Waals surface area contributed by atoms with Crippen molar-refractivity contribution in [3.8, 4) is 11.1 Å². The first kappa shape index (κ1) is 22.6. The third-order valence-electron chi connectivity index (χ3n) is 4.53. The Hall–Kier alpha value is -3.60. The van der Waals surface area contributed by atoms with Crippen LogP contribution in [0.3, 0.4) is 0 Å². The molecule has 0 fully saturated rings. The molecule has 0 spiro atoms. The van der Waals surface area contributed by atoms with E-state index < -0.39 is 10.0 Å². The molecule has 0 unspecified atom stereocenters. The van der Waals surface area contributed by atoms with Gasteiger partial charge in [-0.15, -0.1) is 5.10 Å². The molecule has 0 aliphatic rings. The maximum absolute atomic E-state index is 12.7. The lowest BCUT2D eigenvalue weighted by Gasteiger charge is -2.09. The van der Waals surface area contributed by atoms with Gasteiger partial charge < -0.3 is 0 Å². The van der Waals surface area contributed by atoms with Crippen molar-refractivity contribution in [2.24, 2.45) is 0 Å². The van der Waals surface area contributed by atoms with Gasteiger partial charge in [0.25, 0.3) is 10.0 Å². The number of carbonyl (C=O) groups is 1. The largest absolute Gasteiger partial charge is 0.297 e. The average molecular weight is 495 g/mol. The Kier molecular flexibility index (Phi) is 6.78. The van der Waals surface area contributed by atoms with Crippen LogP contribution < -0.4 is 10.0 Å². The standard InChI is InChI=1S/C23H18N4O3S3/c28-21(24-22-25-26-23(31)32-22)15-8-16-6-13-20(14-7-16)33(29,30)27-19-11-9-18(10-12-19)17-4-2-1-3-5-17/h1-15,27H,(H,26,31)(H,24,25,28). The van der Waals surface area contributed by atoms with Gasteiger partial charge in [-0.05, 0) is 59.2 Å². The second-order valence-corrected chi connectivity index (χ2v) is 10.2. The molecule has 0 aliphatic heterocycles. The van der Waals surface area contributed by atoms with Gasteiger partial charge in [0.1, 0.15) is 0 Å². The summed E-state index contributed by atoms with van der Waals surface area (Å²) in [7, 11) is -3.75. The summed E-state index contributed by atoms with van der Waals surface area (Å²) in [5.74, 6) is -0.370. The summed E-state index contributed by atoms with van der Waals surface area (Å²) in [6.07, 6.45) is 2.91. The minimum Gasteiger partial charge on any atom is -0.297 e. The number of aromatic nitrogens is 2. The lowest BCUT2D eigenvalue weighted by Crippen LogP contribution is -2.12. The molecule has 1 amide bonds. The van der Waals surface area contributed by atoms with Crippen molar-refractivity contribution < 1.29 is 13.2 Å². The lowest BCUT2D eigenvalue weighted by molar-refractivity contribution is -0.111. The third-order valence-corrected chi connectivity index (χ3v) is 6.93. The Bertz CT molecular complexity index is 1440. The normalized spacial score (nSPS) is 11.4. The summed E-state index contributed by atoms with van der Waals surface area (Å²) >= 11 is 6.06. The summed E-state index contributed by atoms with van der Waals surface area (Å²) in [5, 5.41) is 9.39. The molecule has 3 N–H and O–H groups in total. The highest BCUT2D eigenvalue weighted by molar-refractivity contribution is 7.92. The number of nitrogens with one attached hydrogen (secondary N) is 3. The van der Waals surface area contributed by atoms with Crippen LogP contribution >= 0.6 is 23.6 Å². The molecule has 3 aromatic carbocycles. The molecule has 0 aliphatic carbocycles. The molecule has 0 bridgehead atoms. The maximum atomic E-state index is 12.7. The van der Waals surface area contributed by atoms with Crippen LogP contribution in [0.2, 0.25) is 0 Å². The first-order valence-corrected chi connectivity index (χ1v) is 12.4. The average Bonchev–Trinajstić information content (AvgIpc) is 3.23. The lowest BCUT2D eigenvalue weighted by atomic mass is 10.1. The number of hydrogen-bond acceptors (Lipinski definition) is 6. The summed E-state index contributed by atoms with van der Waals surface area (Å²) in [6, 6.07) is 23.2. The van der Waals surface area contributed by atoms with Crippen LogP contribution in [0, 0.1) is 3.95 Å². The zero-order valence-electron chi connectivity index (χ0n) is 17.1. The van der Waals surface area contributed by atoms with Crippen molar-refractivity contribution in [2.45, 2.75) is 4.90 Å². The van der Waals surface area contributed by atoms with E-state index in [-0.39, 0.29) is 10.8 Å². The van der Waals surface area contributed by atoms with Gasteiger partial charge in [0.2, 0.25) is 11.0 Å². The van der Waals surface area contributed by atoms with Crippen molar-refractivity contribution in [1.82, 2.24) is 10.2 Å². The number of rotatable bonds is 7. The summed E-state index contributed by atoms with van der Waals surface area (Å²) in [6.45, 7) is 0. The summed E-state index contributed by atoms with van der Waals surface area (Å²) < 4.78 is 28.5. The number of carbonyl (C=O) groups excluding carboxylic acids is 1. The number of hydrogen-bond donors (Lipinski definition) is 3. The fourth-order valence-corrected chi connectivity index (χ4v) is 4.79. The monoisotopic (exact) mass is 494 g/mol. The van der Waals surface area contributed by atoms with Gasteiger partial charge in [-0.3, -0.25) is 19.9 Å². The maximum Gasteiger partial charge on any atom is 0.261 e. The second-order valence-electron chi connectivity index (χ2n) is 6.86. The number of aromatic amines is 1. The molecule has 0 saturated heterocycles. The number of amides is 1. The number of sulfonamides is 1. The molecule has 0 saturated carbocycles. The zero-order valence-corrected chi connectivity index (χ0v) is 19.5. The van der Waals surface area contributed by atoms with Crippen LogP contribution in [0.25, 0.3) is 17.2 Å². The smallest absolute Gasteiger partial charge is 0.261 e. The fraction of sp³-hybridized carbons (Fsp3) is 0. The molecule has 4 rings (SSSR count). The quantitative estimate of drug-likeness (QED) is 0.238. The Morgan fingerprint density at radius 3 is 2.24 bits per heavy atom. The third kappa shape index (κ3) is 6.01. The Morgan fingerprint density at radius 2 is 1.61 bits per heavy atom. The topological polar surface area (TPSA) is 104 Å². The molecule has 166 valence electrons. The van der Waals surface area contributed by atoms with Crippen molar-refractivity contribution in [1.29, 1.82) is 0 Å². The number of H-pyrrole nitrogens is 1. The number of benzene rings is 3. The van der Waals surface area contributed by atoms with Crippen molar-refractivity contribution >= 4 is 56.4 Å². The highest BCUT2D eigenvalue weighted by atomic mass is 32.2. The van der Waals surface area contributed by atoms with Crippen LogP contribution in [0.4, 0.5) is 10.8 Å². The van der Waals surface area contributed by atoms with E-state index in [4.69, 9.17) is 12.2 Å². The van der Waals surface area contributed by atoms with Gasteiger partial charge in [-0.25, -0.2) is 8.42 Å². The van der Waals surface area contributed by atoms with E-state index in [2.05, 4.69) is 20.2 Å². The minimum absolute atomic E-state index is 0.118. The molecular formula is C23H18N4O3S3. The Balaban J connectivity index is 1.40. The van der Waals surface area contributed by atoms with E-state index in [1.54, 1.807) is 30.3 Å². The predicted octanol–water partition coefficient (Wildman–Crippen LogP) is 5.32. The van der Waals surface area contributed by atoms with Gasteiger partial charge >= 0.3 is 0 Å². The fourth-order valence-electron chi connectivity index (χ4n) is 2.94. The van der Waals surface area contributed by atoms with Gasteiger partial charge in [0.05, 0.1) is 4.90 Å². The van der Waals surface area contributed by atoms with Gasteiger partial charge in [0.15, 0.2) is 3.95 Å². The molecule has 4 aromatic rings. The second kappa shape index (κ2) is 9.90. The van der Waals surface area contributed by atoms with E-state index in [9.17, 15) is 13.2 Å².